The van der Waals surface area contributed by atoms with Crippen molar-refractivity contribution in [3.05, 3.63) is 34.9 Å². The molecule has 0 amide bonds. The van der Waals surface area contributed by atoms with Crippen molar-refractivity contribution in [2.45, 2.75) is 20.4 Å². The van der Waals surface area contributed by atoms with Crippen molar-refractivity contribution in [3.8, 4) is 17.0 Å². The quantitative estimate of drug-likeness (QED) is 0.923. The van der Waals surface area contributed by atoms with Crippen LogP contribution in [0.2, 0.25) is 5.02 Å². The summed E-state index contributed by atoms with van der Waals surface area (Å²) in [5.74, 6) is 1.92. The van der Waals surface area contributed by atoms with Gasteiger partial charge in [0.1, 0.15) is 17.2 Å². The van der Waals surface area contributed by atoms with Crippen LogP contribution in [-0.2, 0) is 6.54 Å². The largest absolute Gasteiger partial charge is 0.492 e. The van der Waals surface area contributed by atoms with Crippen molar-refractivity contribution in [1.29, 1.82) is 0 Å². The van der Waals surface area contributed by atoms with Crippen molar-refractivity contribution in [1.82, 2.24) is 4.98 Å². The molecule has 0 atom stereocenters. The topological polar surface area (TPSA) is 61.3 Å². The maximum Gasteiger partial charge on any atom is 0.208 e. The molecule has 0 bridgehead atoms. The van der Waals surface area contributed by atoms with Crippen LogP contribution in [0.15, 0.2) is 22.6 Å². The van der Waals surface area contributed by atoms with Crippen LogP contribution >= 0.6 is 11.6 Å². The van der Waals surface area contributed by atoms with E-state index in [4.69, 9.17) is 26.5 Å². The summed E-state index contributed by atoms with van der Waals surface area (Å²) in [5, 5.41) is 0.561. The van der Waals surface area contributed by atoms with Crippen molar-refractivity contribution in [2.75, 3.05) is 6.61 Å². The lowest BCUT2D eigenvalue weighted by molar-refractivity contribution is 0.340. The summed E-state index contributed by atoms with van der Waals surface area (Å²) < 4.78 is 10.8. The van der Waals surface area contributed by atoms with Crippen LogP contribution in [-0.4, -0.2) is 11.6 Å². The van der Waals surface area contributed by atoms with Crippen LogP contribution < -0.4 is 10.5 Å². The van der Waals surface area contributed by atoms with Gasteiger partial charge < -0.3 is 14.9 Å². The van der Waals surface area contributed by atoms with Gasteiger partial charge in [0.2, 0.25) is 5.89 Å². The van der Waals surface area contributed by atoms with Crippen LogP contribution in [0, 0.1) is 6.92 Å². The van der Waals surface area contributed by atoms with Gasteiger partial charge >= 0.3 is 0 Å². The third-order valence-electron chi connectivity index (χ3n) is 2.52. The van der Waals surface area contributed by atoms with Gasteiger partial charge in [-0.15, -0.1) is 0 Å². The van der Waals surface area contributed by atoms with E-state index in [2.05, 4.69) is 4.98 Å². The lowest BCUT2D eigenvalue weighted by Gasteiger charge is -2.06. The Morgan fingerprint density at radius 3 is 2.78 bits per heavy atom. The molecule has 0 fully saturated rings. The maximum absolute atomic E-state index is 6.14. The van der Waals surface area contributed by atoms with Crippen LogP contribution in [0.5, 0.6) is 5.75 Å². The highest BCUT2D eigenvalue weighted by Gasteiger charge is 2.12. The minimum Gasteiger partial charge on any atom is -0.492 e. The van der Waals surface area contributed by atoms with E-state index in [1.165, 1.54) is 0 Å². The molecule has 1 heterocycles. The summed E-state index contributed by atoms with van der Waals surface area (Å²) in [6.45, 7) is 4.64. The fourth-order valence-electron chi connectivity index (χ4n) is 1.73. The molecular weight excluding hydrogens is 252 g/mol. The Bertz CT molecular complexity index is 552. The zero-order chi connectivity index (χ0) is 13.1. The van der Waals surface area contributed by atoms with E-state index in [1.54, 1.807) is 0 Å². The zero-order valence-electron chi connectivity index (χ0n) is 10.4. The van der Waals surface area contributed by atoms with E-state index in [0.29, 0.717) is 23.3 Å². The average molecular weight is 267 g/mol. The first-order valence-electron chi connectivity index (χ1n) is 5.74. The molecule has 2 N–H and O–H groups in total. The summed E-state index contributed by atoms with van der Waals surface area (Å²) in [6, 6.07) is 5.55. The number of hydrogen-bond donors (Lipinski definition) is 1. The lowest BCUT2D eigenvalue weighted by atomic mass is 10.1. The van der Waals surface area contributed by atoms with Crippen molar-refractivity contribution >= 4 is 11.6 Å². The molecule has 1 aromatic carbocycles. The Balaban J connectivity index is 2.38. The summed E-state index contributed by atoms with van der Waals surface area (Å²) in [4.78, 5) is 4.32. The van der Waals surface area contributed by atoms with E-state index in [0.717, 1.165) is 17.0 Å². The van der Waals surface area contributed by atoms with Crippen LogP contribution in [0.3, 0.4) is 0 Å². The number of halogens is 1. The zero-order valence-corrected chi connectivity index (χ0v) is 11.1. The second-order valence-electron chi connectivity index (χ2n) is 3.79. The molecule has 2 rings (SSSR count). The second-order valence-corrected chi connectivity index (χ2v) is 4.20. The lowest BCUT2D eigenvalue weighted by Crippen LogP contribution is -1.95. The Labute approximate surface area is 111 Å². The number of nitrogens with two attached hydrogens (primary N) is 1. The summed E-state index contributed by atoms with van der Waals surface area (Å²) in [7, 11) is 0. The van der Waals surface area contributed by atoms with Gasteiger partial charge in [-0.1, -0.05) is 11.6 Å². The molecule has 0 aliphatic heterocycles. The minimum absolute atomic E-state index is 0.283. The molecule has 96 valence electrons. The molecule has 0 saturated carbocycles. The highest BCUT2D eigenvalue weighted by molar-refractivity contribution is 6.32. The van der Waals surface area contributed by atoms with Gasteiger partial charge in [-0.05, 0) is 32.0 Å². The second kappa shape index (κ2) is 5.42. The molecule has 5 heteroatoms. The van der Waals surface area contributed by atoms with Gasteiger partial charge in [0, 0.05) is 5.56 Å². The van der Waals surface area contributed by atoms with Gasteiger partial charge in [0.25, 0.3) is 0 Å². The molecular formula is C13H15ClN2O2. The molecule has 0 aliphatic carbocycles. The number of benzene rings is 1. The molecule has 0 radical (unpaired) electrons. The smallest absolute Gasteiger partial charge is 0.208 e. The first kappa shape index (κ1) is 12.9. The van der Waals surface area contributed by atoms with Crippen molar-refractivity contribution < 1.29 is 9.15 Å². The van der Waals surface area contributed by atoms with Gasteiger partial charge in [0.05, 0.1) is 18.2 Å². The number of ether oxygens (including phenoxy) is 1. The Hall–Kier alpha value is -1.52. The number of aromatic nitrogens is 1. The number of oxazole rings is 1. The van der Waals surface area contributed by atoms with E-state index in [1.807, 2.05) is 32.0 Å². The molecule has 18 heavy (non-hydrogen) atoms. The molecule has 4 nitrogen and oxygen atoms in total. The van der Waals surface area contributed by atoms with E-state index < -0.39 is 0 Å². The van der Waals surface area contributed by atoms with E-state index in [9.17, 15) is 0 Å². The molecule has 0 unspecified atom stereocenters. The first-order valence-corrected chi connectivity index (χ1v) is 6.12. The number of nitrogens with zero attached hydrogens (tertiary/aromatic N) is 1. The maximum atomic E-state index is 6.14. The SMILES string of the molecule is CCOc1ccc(-c2nc(CN)oc2C)cc1Cl. The van der Waals surface area contributed by atoms with Gasteiger partial charge in [-0.3, -0.25) is 0 Å². The molecule has 0 saturated heterocycles. The molecule has 2 aromatic rings. The highest BCUT2D eigenvalue weighted by Crippen LogP contribution is 2.31. The fraction of sp³-hybridized carbons (Fsp3) is 0.308. The van der Waals surface area contributed by atoms with Crippen LogP contribution in [0.4, 0.5) is 0 Å². The predicted molar refractivity (Wildman–Crippen MR) is 70.7 cm³/mol. The third-order valence-corrected chi connectivity index (χ3v) is 2.82. The summed E-state index contributed by atoms with van der Waals surface area (Å²) >= 11 is 6.14. The molecule has 0 aliphatic rings. The van der Waals surface area contributed by atoms with E-state index >= 15 is 0 Å². The fourth-order valence-corrected chi connectivity index (χ4v) is 1.96. The number of rotatable bonds is 4. The molecule has 0 spiro atoms. The van der Waals surface area contributed by atoms with Gasteiger partial charge in [-0.2, -0.15) is 0 Å². The monoisotopic (exact) mass is 266 g/mol. The van der Waals surface area contributed by atoms with Crippen LogP contribution in [0.1, 0.15) is 18.6 Å². The Morgan fingerprint density at radius 2 is 2.22 bits per heavy atom. The van der Waals surface area contributed by atoms with Gasteiger partial charge in [0.15, 0.2) is 0 Å². The normalized spacial score (nSPS) is 10.7. The minimum atomic E-state index is 0.283. The average Bonchev–Trinajstić information content (AvgIpc) is 2.73. The van der Waals surface area contributed by atoms with Gasteiger partial charge in [-0.25, -0.2) is 4.98 Å². The molecule has 1 aromatic heterocycles. The Morgan fingerprint density at radius 1 is 1.44 bits per heavy atom. The number of aryl methyl sites for hydroxylation is 1. The standard InChI is InChI=1S/C13H15ClN2O2/c1-3-17-11-5-4-9(6-10(11)14)13-8(2)18-12(7-15)16-13/h4-6H,3,7,15H2,1-2H3. The third kappa shape index (κ3) is 2.49. The van der Waals surface area contributed by atoms with Crippen molar-refractivity contribution in [3.63, 3.8) is 0 Å². The Kier molecular flexibility index (Phi) is 3.89. The summed E-state index contributed by atoms with van der Waals surface area (Å²) in [5.41, 5.74) is 7.16. The highest BCUT2D eigenvalue weighted by atomic mass is 35.5. The van der Waals surface area contributed by atoms with Crippen molar-refractivity contribution in [2.24, 2.45) is 5.73 Å². The number of hydrogen-bond acceptors (Lipinski definition) is 4. The summed E-state index contributed by atoms with van der Waals surface area (Å²) in [6.07, 6.45) is 0. The first-order chi connectivity index (χ1) is 8.65. The predicted octanol–water partition coefficient (Wildman–Crippen LogP) is 3.16. The van der Waals surface area contributed by atoms with Crippen LogP contribution in [0.25, 0.3) is 11.3 Å². The van der Waals surface area contributed by atoms with E-state index in [-0.39, 0.29) is 6.54 Å².